The zero-order valence-electron chi connectivity index (χ0n) is 13.0. The first kappa shape index (κ1) is 17.7. The topological polar surface area (TPSA) is 130 Å². The van der Waals surface area contributed by atoms with Crippen LogP contribution in [0, 0.1) is 20.2 Å². The Morgan fingerprint density at radius 1 is 0.960 bits per heavy atom. The zero-order valence-corrected chi connectivity index (χ0v) is 13.0. The highest BCUT2D eigenvalue weighted by Gasteiger charge is 2.33. The van der Waals surface area contributed by atoms with Crippen molar-refractivity contribution in [2.45, 2.75) is 6.92 Å². The monoisotopic (exact) mass is 344 g/mol. The van der Waals surface area contributed by atoms with Crippen LogP contribution in [-0.4, -0.2) is 28.2 Å². The molecular formula is C16H12N2O7. The Balaban J connectivity index is 2.73. The Hall–Kier alpha value is -3.62. The molecular weight excluding hydrogens is 332 g/mol. The van der Waals surface area contributed by atoms with Gasteiger partial charge in [0.15, 0.2) is 5.56 Å². The Labute approximate surface area is 141 Å². The minimum absolute atomic E-state index is 0.00880. The number of esters is 1. The van der Waals surface area contributed by atoms with Gasteiger partial charge in [0.2, 0.25) is 5.78 Å². The molecule has 25 heavy (non-hydrogen) atoms. The summed E-state index contributed by atoms with van der Waals surface area (Å²) in [4.78, 5) is 45.2. The van der Waals surface area contributed by atoms with Crippen molar-refractivity contribution < 1.29 is 24.2 Å². The number of benzene rings is 2. The van der Waals surface area contributed by atoms with Gasteiger partial charge in [0, 0.05) is 17.7 Å². The maximum absolute atomic E-state index is 12.6. The fourth-order valence-electron chi connectivity index (χ4n) is 2.20. The molecule has 0 fully saturated rings. The van der Waals surface area contributed by atoms with Crippen molar-refractivity contribution in [2.24, 2.45) is 0 Å². The third-order valence-electron chi connectivity index (χ3n) is 3.26. The normalized spacial score (nSPS) is 10.1. The second kappa shape index (κ2) is 7.30. The fraction of sp³-hybridized carbons (Fsp3) is 0.125. The van der Waals surface area contributed by atoms with Crippen molar-refractivity contribution >= 4 is 23.1 Å². The van der Waals surface area contributed by atoms with Crippen LogP contribution in [0.5, 0.6) is 0 Å². The Kier molecular flexibility index (Phi) is 5.18. The molecule has 0 aliphatic carbocycles. The maximum atomic E-state index is 12.6. The Bertz CT molecular complexity index is 827. The van der Waals surface area contributed by atoms with Crippen LogP contribution < -0.4 is 0 Å². The fourth-order valence-corrected chi connectivity index (χ4v) is 2.20. The summed E-state index contributed by atoms with van der Waals surface area (Å²) in [5, 5.41) is 22.7. The highest BCUT2D eigenvalue weighted by Crippen LogP contribution is 2.32. The lowest BCUT2D eigenvalue weighted by Gasteiger charge is -2.07. The molecule has 0 saturated carbocycles. The second-order valence-electron chi connectivity index (χ2n) is 4.82. The average molecular weight is 344 g/mol. The summed E-state index contributed by atoms with van der Waals surface area (Å²) in [6.45, 7) is 1.51. The van der Waals surface area contributed by atoms with E-state index < -0.39 is 38.5 Å². The molecule has 0 aliphatic rings. The van der Waals surface area contributed by atoms with Crippen LogP contribution in [0.25, 0.3) is 0 Å². The molecule has 9 heteroatoms. The molecule has 9 nitrogen and oxygen atoms in total. The van der Waals surface area contributed by atoms with Gasteiger partial charge >= 0.3 is 5.97 Å². The quantitative estimate of drug-likeness (QED) is 0.341. The molecule has 2 rings (SSSR count). The SMILES string of the molecule is CCOC(=O)c1cc([N+](=O)[O-])c(C(=O)c2ccccc2)c([N+](=O)[O-])c1. The molecule has 0 unspecified atom stereocenters. The van der Waals surface area contributed by atoms with Crippen LogP contribution in [0.2, 0.25) is 0 Å². The Morgan fingerprint density at radius 2 is 1.48 bits per heavy atom. The van der Waals surface area contributed by atoms with Crippen LogP contribution in [0.3, 0.4) is 0 Å². The molecule has 0 radical (unpaired) electrons. The molecule has 2 aromatic rings. The first-order valence-corrected chi connectivity index (χ1v) is 7.10. The van der Waals surface area contributed by atoms with Crippen molar-refractivity contribution in [2.75, 3.05) is 6.61 Å². The van der Waals surface area contributed by atoms with Gasteiger partial charge in [-0.2, -0.15) is 0 Å². The lowest BCUT2D eigenvalue weighted by Crippen LogP contribution is -2.12. The van der Waals surface area contributed by atoms with E-state index >= 15 is 0 Å². The summed E-state index contributed by atoms with van der Waals surface area (Å²) in [5.74, 6) is -1.83. The second-order valence-corrected chi connectivity index (χ2v) is 4.82. The van der Waals surface area contributed by atoms with Gasteiger partial charge < -0.3 is 4.74 Å². The van der Waals surface area contributed by atoms with Gasteiger partial charge in [-0.05, 0) is 6.92 Å². The summed E-state index contributed by atoms with van der Waals surface area (Å²) < 4.78 is 4.71. The van der Waals surface area contributed by atoms with E-state index in [1.54, 1.807) is 6.07 Å². The number of nitrogens with zero attached hydrogens (tertiary/aromatic N) is 2. The van der Waals surface area contributed by atoms with E-state index in [0.29, 0.717) is 0 Å². The van der Waals surface area contributed by atoms with E-state index in [4.69, 9.17) is 4.74 Å². The van der Waals surface area contributed by atoms with Crippen LogP contribution in [0.1, 0.15) is 33.2 Å². The number of nitro benzene ring substituents is 2. The number of ketones is 1. The number of rotatable bonds is 6. The highest BCUT2D eigenvalue weighted by molar-refractivity contribution is 6.14. The van der Waals surface area contributed by atoms with Crippen molar-refractivity contribution in [3.63, 3.8) is 0 Å². The molecule has 0 aromatic heterocycles. The number of carbonyl (C=O) groups excluding carboxylic acids is 2. The lowest BCUT2D eigenvalue weighted by molar-refractivity contribution is -0.394. The summed E-state index contributed by atoms with van der Waals surface area (Å²) in [6, 6.07) is 9.06. The van der Waals surface area contributed by atoms with Gasteiger partial charge in [-0.15, -0.1) is 0 Å². The molecule has 128 valence electrons. The molecule has 0 saturated heterocycles. The third kappa shape index (κ3) is 3.66. The van der Waals surface area contributed by atoms with Crippen molar-refractivity contribution in [3.05, 3.63) is 79.4 Å². The van der Waals surface area contributed by atoms with Gasteiger partial charge in [-0.3, -0.25) is 25.0 Å². The predicted molar refractivity (Wildman–Crippen MR) is 85.6 cm³/mol. The number of ether oxygens (including phenoxy) is 1. The summed E-state index contributed by atoms with van der Waals surface area (Å²) >= 11 is 0. The molecule has 0 atom stereocenters. The number of hydrogen-bond donors (Lipinski definition) is 0. The van der Waals surface area contributed by atoms with Gasteiger partial charge in [-0.1, -0.05) is 30.3 Å². The van der Waals surface area contributed by atoms with Crippen molar-refractivity contribution in [3.8, 4) is 0 Å². The van der Waals surface area contributed by atoms with Crippen LogP contribution in [0.15, 0.2) is 42.5 Å². The van der Waals surface area contributed by atoms with Crippen LogP contribution in [-0.2, 0) is 4.74 Å². The van der Waals surface area contributed by atoms with E-state index in [0.717, 1.165) is 12.1 Å². The summed E-state index contributed by atoms with van der Waals surface area (Å²) in [6.07, 6.45) is 0. The third-order valence-corrected chi connectivity index (χ3v) is 3.26. The molecule has 0 spiro atoms. The number of carbonyl (C=O) groups is 2. The zero-order chi connectivity index (χ0) is 18.6. The minimum atomic E-state index is -0.951. The number of nitro groups is 2. The van der Waals surface area contributed by atoms with Gasteiger partial charge in [0.25, 0.3) is 11.4 Å². The van der Waals surface area contributed by atoms with Crippen LogP contribution in [0.4, 0.5) is 11.4 Å². The Morgan fingerprint density at radius 3 is 1.92 bits per heavy atom. The summed E-state index contributed by atoms with van der Waals surface area (Å²) in [5.41, 5.74) is -2.66. The molecule has 0 heterocycles. The molecule has 2 aromatic carbocycles. The van der Waals surface area contributed by atoms with Gasteiger partial charge in [0.05, 0.1) is 22.0 Å². The van der Waals surface area contributed by atoms with Crippen LogP contribution >= 0.6 is 0 Å². The summed E-state index contributed by atoms with van der Waals surface area (Å²) in [7, 11) is 0. The van der Waals surface area contributed by atoms with Gasteiger partial charge in [-0.25, -0.2) is 4.79 Å². The number of hydrogen-bond acceptors (Lipinski definition) is 7. The lowest BCUT2D eigenvalue weighted by atomic mass is 9.98. The van der Waals surface area contributed by atoms with E-state index in [2.05, 4.69) is 0 Å². The van der Waals surface area contributed by atoms with Crippen molar-refractivity contribution in [1.82, 2.24) is 0 Å². The first-order chi connectivity index (χ1) is 11.9. The smallest absolute Gasteiger partial charge is 0.338 e. The van der Waals surface area contributed by atoms with E-state index in [1.807, 2.05) is 0 Å². The van der Waals surface area contributed by atoms with E-state index in [-0.39, 0.29) is 17.7 Å². The standard InChI is InChI=1S/C16H12N2O7/c1-2-25-16(20)11-8-12(17(21)22)14(13(9-11)18(23)24)15(19)10-6-4-3-5-7-10/h3-9H,2H2,1H3. The van der Waals surface area contributed by atoms with Crippen molar-refractivity contribution in [1.29, 1.82) is 0 Å². The molecule has 0 N–H and O–H groups in total. The maximum Gasteiger partial charge on any atom is 0.338 e. The largest absolute Gasteiger partial charge is 0.462 e. The van der Waals surface area contributed by atoms with Gasteiger partial charge in [0.1, 0.15) is 0 Å². The molecule has 0 amide bonds. The molecule has 0 bridgehead atoms. The van der Waals surface area contributed by atoms with E-state index in [9.17, 15) is 29.8 Å². The van der Waals surface area contributed by atoms with E-state index in [1.165, 1.54) is 31.2 Å². The minimum Gasteiger partial charge on any atom is -0.462 e. The highest BCUT2D eigenvalue weighted by atomic mass is 16.6. The first-order valence-electron chi connectivity index (χ1n) is 7.10. The predicted octanol–water partition coefficient (Wildman–Crippen LogP) is 2.91. The average Bonchev–Trinajstić information content (AvgIpc) is 2.60. The molecule has 0 aliphatic heterocycles.